The van der Waals surface area contributed by atoms with Crippen LogP contribution in [0.3, 0.4) is 0 Å². The molecule has 21 heteroatoms. The number of aliphatic hydroxyl groups excluding tert-OH is 3. The number of thiazole rings is 1. The fraction of sp³-hybridized carbons (Fsp3) is 0.698. The number of thioether (sulfide) groups is 1. The van der Waals surface area contributed by atoms with Crippen molar-refractivity contribution in [1.82, 2.24) is 25.4 Å². The van der Waals surface area contributed by atoms with Gasteiger partial charge in [-0.05, 0) is 169 Å². The van der Waals surface area contributed by atoms with Crippen molar-refractivity contribution in [3.8, 4) is 5.75 Å². The zero-order valence-electron chi connectivity index (χ0n) is 50.5. The largest absolute Gasteiger partial charge is 0.480 e. The van der Waals surface area contributed by atoms with E-state index in [1.807, 2.05) is 0 Å². The summed E-state index contributed by atoms with van der Waals surface area (Å²) in [5.74, 6) is -0.590. The number of nitrogens with one attached hydrogen (secondary N) is 2. The number of carboxylic acid groups (broad SMARTS) is 2. The molecule has 6 aliphatic rings. The number of nitrogens with zero attached hydrogens (tertiary/aromatic N) is 4. The first-order chi connectivity index (χ1) is 39.6. The average Bonchev–Trinajstić information content (AvgIpc) is 1.35. The van der Waals surface area contributed by atoms with E-state index in [0.717, 1.165) is 56.1 Å². The van der Waals surface area contributed by atoms with Crippen LogP contribution in [0.2, 0.25) is 0 Å². The number of carbonyl (C=O) groups is 7. The summed E-state index contributed by atoms with van der Waals surface area (Å²) in [7, 11) is 1.62. The number of likely N-dealkylation sites (N-methyl/N-ethyl adjacent to an activating group) is 1. The number of Topliss-reactive ketones (excluding diaryl/α,β-unsaturated/α-hetero) is 2. The van der Waals surface area contributed by atoms with Gasteiger partial charge in [-0.3, -0.25) is 29.0 Å². The molecule has 84 heavy (non-hydrogen) atoms. The highest BCUT2D eigenvalue weighted by molar-refractivity contribution is 8.15. The number of fused-ring (bicyclic) bond motifs is 6. The van der Waals surface area contributed by atoms with Gasteiger partial charge in [-0.25, -0.2) is 19.5 Å². The van der Waals surface area contributed by atoms with Gasteiger partial charge in [0.1, 0.15) is 21.8 Å². The van der Waals surface area contributed by atoms with E-state index in [-0.39, 0.29) is 116 Å². The smallest absolute Gasteiger partial charge is 0.329 e. The number of carboxylic acids is 2. The van der Waals surface area contributed by atoms with Crippen molar-refractivity contribution in [2.75, 3.05) is 39.0 Å². The Kier molecular flexibility index (Phi) is 20.8. The molecule has 7 N–H and O–H groups in total. The molecule has 0 spiro atoms. The van der Waals surface area contributed by atoms with Gasteiger partial charge in [-0.15, -0.1) is 23.1 Å². The molecule has 2 heterocycles. The van der Waals surface area contributed by atoms with E-state index >= 15 is 0 Å². The Morgan fingerprint density at radius 2 is 1.57 bits per heavy atom. The van der Waals surface area contributed by atoms with Crippen molar-refractivity contribution in [1.29, 1.82) is 0 Å². The molecule has 13 atom stereocenters. The number of hydrogen-bond donors (Lipinski definition) is 7. The lowest BCUT2D eigenvalue weighted by molar-refractivity contribution is -0.174. The van der Waals surface area contributed by atoms with Crippen molar-refractivity contribution < 1.29 is 63.8 Å². The van der Waals surface area contributed by atoms with Crippen molar-refractivity contribution in [2.45, 2.75) is 189 Å². The molecule has 1 aliphatic heterocycles. The number of allylic oxidation sites excluding steroid dienone is 4. The number of aromatic nitrogens is 1. The maximum atomic E-state index is 13.8. The summed E-state index contributed by atoms with van der Waals surface area (Å²) < 4.78 is 6.79. The van der Waals surface area contributed by atoms with E-state index in [0.29, 0.717) is 98.7 Å². The van der Waals surface area contributed by atoms with Crippen LogP contribution in [0.25, 0.3) is 10.2 Å². The molecule has 2 aromatic rings. The molecule has 0 radical (unpaired) electrons. The third-order valence-corrected chi connectivity index (χ3v) is 22.8. The van der Waals surface area contributed by atoms with Crippen LogP contribution in [0.5, 0.6) is 5.75 Å². The summed E-state index contributed by atoms with van der Waals surface area (Å²) in [4.78, 5) is 103. The number of aliphatic imine (C=N–C) groups is 1. The van der Waals surface area contributed by atoms with Gasteiger partial charge >= 0.3 is 11.9 Å². The lowest BCUT2D eigenvalue weighted by Gasteiger charge is -2.62. The lowest BCUT2D eigenvalue weighted by Crippen LogP contribution is -2.58. The van der Waals surface area contributed by atoms with Crippen LogP contribution < -0.4 is 15.4 Å². The number of hydrogen-bond acceptors (Lipinski definition) is 16. The molecular weight excluding hydrogens is 1110 g/mol. The topological polar surface area (TPSA) is 286 Å². The summed E-state index contributed by atoms with van der Waals surface area (Å²) >= 11 is 2.64. The highest BCUT2D eigenvalue weighted by Gasteiger charge is 2.63. The number of amides is 3. The fourth-order valence-corrected chi connectivity index (χ4v) is 17.7. The molecule has 8 rings (SSSR count). The first-order valence-corrected chi connectivity index (χ1v) is 32.2. The highest BCUT2D eigenvalue weighted by atomic mass is 32.2. The highest BCUT2D eigenvalue weighted by Crippen LogP contribution is 2.68. The number of rotatable bonds is 26. The van der Waals surface area contributed by atoms with Crippen LogP contribution in [0, 0.1) is 51.8 Å². The van der Waals surface area contributed by atoms with Gasteiger partial charge in [0, 0.05) is 85.9 Å². The van der Waals surface area contributed by atoms with Crippen molar-refractivity contribution in [2.24, 2.45) is 56.7 Å². The predicted octanol–water partition coefficient (Wildman–Crippen LogP) is 7.92. The maximum Gasteiger partial charge on any atom is 0.329 e. The van der Waals surface area contributed by atoms with E-state index in [1.54, 1.807) is 64.8 Å². The van der Waals surface area contributed by atoms with E-state index in [4.69, 9.17) is 4.74 Å². The van der Waals surface area contributed by atoms with Gasteiger partial charge in [0.25, 0.3) is 6.41 Å². The molecule has 5 aliphatic carbocycles. The fourth-order valence-electron chi connectivity index (χ4n) is 15.6. The Balaban J connectivity index is 0.797. The zero-order chi connectivity index (χ0) is 61.2. The van der Waals surface area contributed by atoms with E-state index in [2.05, 4.69) is 41.4 Å². The molecule has 3 amide bonds. The van der Waals surface area contributed by atoms with E-state index < -0.39 is 35.9 Å². The minimum Gasteiger partial charge on any atom is -0.480 e. The number of ketones is 2. The predicted molar refractivity (Wildman–Crippen MR) is 322 cm³/mol. The zero-order valence-corrected chi connectivity index (χ0v) is 52.2. The second-order valence-electron chi connectivity index (χ2n) is 26.4. The van der Waals surface area contributed by atoms with Gasteiger partial charge in [-0.2, -0.15) is 0 Å². The number of benzene rings is 1. The minimum atomic E-state index is -1.52. The van der Waals surface area contributed by atoms with Gasteiger partial charge in [0.15, 0.2) is 17.6 Å². The van der Waals surface area contributed by atoms with Gasteiger partial charge in [-0.1, -0.05) is 34.6 Å². The van der Waals surface area contributed by atoms with Crippen LogP contribution in [0.4, 0.5) is 0 Å². The summed E-state index contributed by atoms with van der Waals surface area (Å²) in [6.45, 7) is 16.2. The Labute approximate surface area is 502 Å². The normalized spacial score (nSPS) is 29.0. The second-order valence-corrected chi connectivity index (χ2v) is 28.4. The second kappa shape index (κ2) is 26.9. The summed E-state index contributed by atoms with van der Waals surface area (Å²) in [5, 5.41) is 60.0. The van der Waals surface area contributed by atoms with Crippen molar-refractivity contribution in [3.05, 3.63) is 45.5 Å². The molecular formula is C63H90N6O13S2. The Bertz CT molecular complexity index is 2940. The number of aliphatic carboxylic acids is 2. The van der Waals surface area contributed by atoms with Crippen molar-refractivity contribution in [3.63, 3.8) is 0 Å². The molecule has 1 aromatic carbocycles. The summed E-state index contributed by atoms with van der Waals surface area (Å²) in [6, 6.07) is 3.20. The monoisotopic (exact) mass is 1200 g/mol. The van der Waals surface area contributed by atoms with Crippen LogP contribution in [-0.4, -0.2) is 156 Å². The maximum absolute atomic E-state index is 13.8. The number of carbonyl (C=O) groups excluding carboxylic acids is 5. The third kappa shape index (κ3) is 14.2. The Morgan fingerprint density at radius 3 is 2.29 bits per heavy atom. The van der Waals surface area contributed by atoms with Gasteiger partial charge < -0.3 is 45.8 Å². The van der Waals surface area contributed by atoms with E-state index in [1.165, 1.54) is 28.0 Å². The first-order valence-electron chi connectivity index (χ1n) is 30.4. The standard InChI is InChI=1S/C63H90N6O13S2/c1-34(41-17-18-42-52-43(22-24-63(41,42)8)62(7)23-21-39(70)29-38(62)30-47(52)71)15-20-50(73)65-45(58(77)78)13-10-11-25-64-49(72)14-12-26-69(28-27-68(9)51(74)32-61(5,6)53-37(4)54(75)35(2)36(3)55(53)76)60(81)82-40-16-19-44-48(31-40)84-57(66-44)56-67-46(33-83-56)59(79)80/h16,19,31,34,38-39,41-43,45-47,52,60,70-71,81H,10-15,17-18,20-30,32-33H2,1-9H3,(H,64,72)(H,65,73)(H,77,78)(H,79,80)/t34-,38+,39-,41-,42+,43+,45?,46?,47+,52+,60?,62+,63-/m1/s1. The molecule has 4 saturated carbocycles. The summed E-state index contributed by atoms with van der Waals surface area (Å²) in [6.07, 6.45) is 7.93. The number of ether oxygens (including phenoxy) is 1. The van der Waals surface area contributed by atoms with Gasteiger partial charge in [0.2, 0.25) is 17.7 Å². The van der Waals surface area contributed by atoms with Gasteiger partial charge in [0.05, 0.1) is 22.4 Å². The van der Waals surface area contributed by atoms with Crippen LogP contribution in [0.15, 0.2) is 45.5 Å². The SMILES string of the molecule is CC1=C(C)C(=O)C(C(C)(C)CC(=O)N(C)CCN(CCCC(=O)NCCCCC(NC(=O)CC[C@@H](C)[C@H]2CC[C@H]3[C@@H]4[C@@H](O)C[C@@H]5C[C@H](O)CC[C@]5(C)[C@H]4CC[C@]23C)C(=O)O)C(O)Oc2ccc3nc(C4=NC(C(=O)O)CS4)sc3c2)=C(C)C1=O. The molecule has 4 fully saturated rings. The van der Waals surface area contributed by atoms with E-state index in [9.17, 15) is 59.1 Å². The summed E-state index contributed by atoms with van der Waals surface area (Å²) in [5.41, 5.74) is 1.31. The van der Waals surface area contributed by atoms with Crippen molar-refractivity contribution >= 4 is 79.6 Å². The Morgan fingerprint density at radius 1 is 0.857 bits per heavy atom. The lowest BCUT2D eigenvalue weighted by atomic mass is 9.43. The molecule has 19 nitrogen and oxygen atoms in total. The van der Waals surface area contributed by atoms with Crippen LogP contribution in [-0.2, 0) is 33.6 Å². The number of aliphatic hydroxyl groups is 3. The molecule has 0 saturated heterocycles. The minimum absolute atomic E-state index is 0.0609. The van der Waals surface area contributed by atoms with Crippen LogP contribution >= 0.6 is 23.1 Å². The number of unbranched alkanes of at least 4 members (excludes halogenated alkanes) is 1. The molecule has 0 bridgehead atoms. The third-order valence-electron chi connectivity index (χ3n) is 20.6. The quantitative estimate of drug-likeness (QED) is 0.0267. The Hall–Kier alpha value is -5.06. The molecule has 3 unspecified atom stereocenters. The first kappa shape index (κ1) is 64.9. The average molecular weight is 1200 g/mol. The van der Waals surface area contributed by atoms with Crippen LogP contribution in [0.1, 0.15) is 163 Å². The molecule has 1 aromatic heterocycles. The molecule has 462 valence electrons.